The summed E-state index contributed by atoms with van der Waals surface area (Å²) >= 11 is 3.49. The zero-order valence-electron chi connectivity index (χ0n) is 11.8. The van der Waals surface area contributed by atoms with Gasteiger partial charge in [-0.25, -0.2) is 0 Å². The van der Waals surface area contributed by atoms with Crippen LogP contribution >= 0.6 is 15.9 Å². The highest BCUT2D eigenvalue weighted by molar-refractivity contribution is 9.10. The molecule has 1 aliphatic carbocycles. The third kappa shape index (κ3) is 4.32. The van der Waals surface area contributed by atoms with E-state index in [0.717, 1.165) is 36.7 Å². The molecule has 20 heavy (non-hydrogen) atoms. The molecule has 1 fully saturated rings. The summed E-state index contributed by atoms with van der Waals surface area (Å²) in [5.41, 5.74) is 1.28. The Morgan fingerprint density at radius 3 is 2.70 bits per heavy atom. The third-order valence-electron chi connectivity index (χ3n) is 4.26. The summed E-state index contributed by atoms with van der Waals surface area (Å²) in [5.74, 6) is -0.132. The normalized spacial score (nSPS) is 24.3. The minimum atomic E-state index is -0.626. The molecule has 1 aromatic rings. The Bertz CT molecular complexity index is 456. The standard InChI is InChI=1S/C16H22BrNO2/c1-11(14-3-2-4-15(17)9-14)18-10-12-5-7-13(8-6-12)16(19)20/h2-4,9,11-13,18H,5-8,10H2,1H3,(H,19,20). The number of benzene rings is 1. The zero-order chi connectivity index (χ0) is 14.5. The molecule has 0 aliphatic heterocycles. The Labute approximate surface area is 128 Å². The minimum absolute atomic E-state index is 0.117. The van der Waals surface area contributed by atoms with Crippen molar-refractivity contribution in [3.8, 4) is 0 Å². The first-order valence-electron chi connectivity index (χ1n) is 7.28. The highest BCUT2D eigenvalue weighted by Gasteiger charge is 2.25. The van der Waals surface area contributed by atoms with E-state index < -0.39 is 5.97 Å². The second-order valence-electron chi connectivity index (χ2n) is 5.74. The SMILES string of the molecule is CC(NCC1CCC(C(=O)O)CC1)c1cccc(Br)c1. The maximum Gasteiger partial charge on any atom is 0.306 e. The monoisotopic (exact) mass is 339 g/mol. The van der Waals surface area contributed by atoms with Crippen LogP contribution in [0.15, 0.2) is 28.7 Å². The van der Waals surface area contributed by atoms with Crippen LogP contribution in [0.1, 0.15) is 44.2 Å². The number of halogens is 1. The Hall–Kier alpha value is -0.870. The van der Waals surface area contributed by atoms with Crippen LogP contribution in [0, 0.1) is 11.8 Å². The fourth-order valence-electron chi connectivity index (χ4n) is 2.85. The predicted octanol–water partition coefficient (Wildman–Crippen LogP) is 3.99. The summed E-state index contributed by atoms with van der Waals surface area (Å²) in [6.07, 6.45) is 3.70. The van der Waals surface area contributed by atoms with Crippen molar-refractivity contribution in [3.63, 3.8) is 0 Å². The second-order valence-corrected chi connectivity index (χ2v) is 6.66. The van der Waals surface area contributed by atoms with Gasteiger partial charge < -0.3 is 10.4 Å². The van der Waals surface area contributed by atoms with E-state index in [1.807, 2.05) is 6.07 Å². The van der Waals surface area contributed by atoms with Crippen LogP contribution in [0.2, 0.25) is 0 Å². The smallest absolute Gasteiger partial charge is 0.306 e. The quantitative estimate of drug-likeness (QED) is 0.852. The summed E-state index contributed by atoms with van der Waals surface area (Å²) < 4.78 is 1.10. The van der Waals surface area contributed by atoms with Gasteiger partial charge in [-0.05, 0) is 62.8 Å². The molecule has 2 N–H and O–H groups in total. The van der Waals surface area contributed by atoms with Crippen molar-refractivity contribution in [2.45, 2.75) is 38.6 Å². The van der Waals surface area contributed by atoms with Crippen LogP contribution in [0.3, 0.4) is 0 Å². The highest BCUT2D eigenvalue weighted by atomic mass is 79.9. The summed E-state index contributed by atoms with van der Waals surface area (Å²) in [4.78, 5) is 10.9. The molecule has 110 valence electrons. The van der Waals surface area contributed by atoms with Crippen LogP contribution in [0.4, 0.5) is 0 Å². The van der Waals surface area contributed by atoms with Gasteiger partial charge in [-0.2, -0.15) is 0 Å². The zero-order valence-corrected chi connectivity index (χ0v) is 13.4. The van der Waals surface area contributed by atoms with E-state index in [4.69, 9.17) is 5.11 Å². The number of carbonyl (C=O) groups is 1. The Morgan fingerprint density at radius 2 is 2.10 bits per heavy atom. The van der Waals surface area contributed by atoms with Gasteiger partial charge >= 0.3 is 5.97 Å². The summed E-state index contributed by atoms with van der Waals surface area (Å²) in [6.45, 7) is 3.14. The first-order valence-corrected chi connectivity index (χ1v) is 8.07. The molecule has 1 unspecified atom stereocenters. The number of aliphatic carboxylic acids is 1. The van der Waals surface area contributed by atoms with Gasteiger partial charge in [-0.3, -0.25) is 4.79 Å². The van der Waals surface area contributed by atoms with Gasteiger partial charge in [0.25, 0.3) is 0 Å². The van der Waals surface area contributed by atoms with Gasteiger partial charge in [0.2, 0.25) is 0 Å². The van der Waals surface area contributed by atoms with Crippen molar-refractivity contribution < 1.29 is 9.90 Å². The number of carboxylic acid groups (broad SMARTS) is 1. The van der Waals surface area contributed by atoms with Crippen LogP contribution in [-0.4, -0.2) is 17.6 Å². The summed E-state index contributed by atoms with van der Waals surface area (Å²) in [5, 5.41) is 12.6. The molecule has 1 aromatic carbocycles. The topological polar surface area (TPSA) is 49.3 Å². The fraction of sp³-hybridized carbons (Fsp3) is 0.562. The Kier molecular flexibility index (Phi) is 5.61. The maximum absolute atomic E-state index is 10.9. The number of hydrogen-bond donors (Lipinski definition) is 2. The highest BCUT2D eigenvalue weighted by Crippen LogP contribution is 2.29. The number of carboxylic acids is 1. The summed E-state index contributed by atoms with van der Waals surface area (Å²) in [7, 11) is 0. The Balaban J connectivity index is 1.77. The van der Waals surface area contributed by atoms with Gasteiger partial charge in [0.1, 0.15) is 0 Å². The molecule has 0 aromatic heterocycles. The van der Waals surface area contributed by atoms with Crippen molar-refractivity contribution in [2.24, 2.45) is 11.8 Å². The van der Waals surface area contributed by atoms with E-state index in [9.17, 15) is 4.79 Å². The molecule has 1 aliphatic rings. The van der Waals surface area contributed by atoms with Gasteiger partial charge in [-0.15, -0.1) is 0 Å². The van der Waals surface area contributed by atoms with Crippen molar-refractivity contribution in [3.05, 3.63) is 34.3 Å². The Morgan fingerprint density at radius 1 is 1.40 bits per heavy atom. The van der Waals surface area contributed by atoms with E-state index in [2.05, 4.69) is 46.4 Å². The van der Waals surface area contributed by atoms with Crippen molar-refractivity contribution in [1.82, 2.24) is 5.32 Å². The maximum atomic E-state index is 10.9. The molecular formula is C16H22BrNO2. The lowest BCUT2D eigenvalue weighted by Gasteiger charge is -2.27. The van der Waals surface area contributed by atoms with Crippen molar-refractivity contribution >= 4 is 21.9 Å². The van der Waals surface area contributed by atoms with Gasteiger partial charge in [-0.1, -0.05) is 28.1 Å². The molecule has 3 nitrogen and oxygen atoms in total. The van der Waals surface area contributed by atoms with Crippen LogP contribution in [0.5, 0.6) is 0 Å². The summed E-state index contributed by atoms with van der Waals surface area (Å²) in [6, 6.07) is 8.67. The molecule has 4 heteroatoms. The van der Waals surface area contributed by atoms with Crippen LogP contribution in [-0.2, 0) is 4.79 Å². The van der Waals surface area contributed by atoms with E-state index in [1.54, 1.807) is 0 Å². The van der Waals surface area contributed by atoms with E-state index in [-0.39, 0.29) is 5.92 Å². The second kappa shape index (κ2) is 7.23. The predicted molar refractivity (Wildman–Crippen MR) is 83.6 cm³/mol. The lowest BCUT2D eigenvalue weighted by Crippen LogP contribution is -2.30. The van der Waals surface area contributed by atoms with E-state index in [1.165, 1.54) is 5.56 Å². The average Bonchev–Trinajstić information content (AvgIpc) is 2.45. The van der Waals surface area contributed by atoms with E-state index in [0.29, 0.717) is 12.0 Å². The molecule has 0 bridgehead atoms. The molecule has 0 spiro atoms. The first kappa shape index (κ1) is 15.5. The molecule has 0 amide bonds. The molecule has 2 rings (SSSR count). The molecule has 0 saturated heterocycles. The lowest BCUT2D eigenvalue weighted by atomic mass is 9.82. The van der Waals surface area contributed by atoms with E-state index >= 15 is 0 Å². The molecule has 0 heterocycles. The minimum Gasteiger partial charge on any atom is -0.481 e. The molecule has 1 atom stereocenters. The third-order valence-corrected chi connectivity index (χ3v) is 4.75. The largest absolute Gasteiger partial charge is 0.481 e. The van der Waals surface area contributed by atoms with Crippen molar-refractivity contribution in [2.75, 3.05) is 6.54 Å². The average molecular weight is 340 g/mol. The number of nitrogens with one attached hydrogen (secondary N) is 1. The first-order chi connectivity index (χ1) is 9.56. The van der Waals surface area contributed by atoms with Crippen LogP contribution in [0.25, 0.3) is 0 Å². The van der Waals surface area contributed by atoms with Gasteiger partial charge in [0.05, 0.1) is 5.92 Å². The fourth-order valence-corrected chi connectivity index (χ4v) is 3.27. The molecule has 1 saturated carbocycles. The lowest BCUT2D eigenvalue weighted by molar-refractivity contribution is -0.143. The van der Waals surface area contributed by atoms with Gasteiger partial charge in [0.15, 0.2) is 0 Å². The van der Waals surface area contributed by atoms with Crippen LogP contribution < -0.4 is 5.32 Å². The van der Waals surface area contributed by atoms with Gasteiger partial charge in [0, 0.05) is 10.5 Å². The molecule has 0 radical (unpaired) electrons. The molecular weight excluding hydrogens is 318 g/mol. The number of rotatable bonds is 5. The number of hydrogen-bond acceptors (Lipinski definition) is 2. The van der Waals surface area contributed by atoms with Crippen molar-refractivity contribution in [1.29, 1.82) is 0 Å².